The first-order valence-electron chi connectivity index (χ1n) is 14.1. The van der Waals surface area contributed by atoms with E-state index in [1.165, 1.54) is 6.42 Å². The van der Waals surface area contributed by atoms with E-state index < -0.39 is 0 Å². The summed E-state index contributed by atoms with van der Waals surface area (Å²) in [7, 11) is 0. The summed E-state index contributed by atoms with van der Waals surface area (Å²) in [6.45, 7) is 20.9. The van der Waals surface area contributed by atoms with Crippen LogP contribution in [0.3, 0.4) is 0 Å². The van der Waals surface area contributed by atoms with Gasteiger partial charge in [0.25, 0.3) is 0 Å². The maximum atomic E-state index is 12.9. The van der Waals surface area contributed by atoms with Gasteiger partial charge >= 0.3 is 5.97 Å². The average molecular weight is 463 g/mol. The first kappa shape index (κ1) is 27.0. The molecule has 0 radical (unpaired) electrons. The van der Waals surface area contributed by atoms with E-state index in [0.717, 1.165) is 44.9 Å². The molecule has 1 N–H and O–H groups in total. The molecule has 0 aromatic rings. The minimum Gasteiger partial charge on any atom is -0.462 e. The Bertz CT molecular complexity index is 671. The molecule has 3 rings (SSSR count). The van der Waals surface area contributed by atoms with Gasteiger partial charge in [-0.15, -0.1) is 0 Å². The van der Waals surface area contributed by atoms with Crippen LogP contribution in [0.15, 0.2) is 0 Å². The number of ether oxygens (including phenoxy) is 1. The summed E-state index contributed by atoms with van der Waals surface area (Å²) in [5, 5.41) is 11.7. The lowest BCUT2D eigenvalue weighted by molar-refractivity contribution is -0.166. The van der Waals surface area contributed by atoms with Crippen LogP contribution in [-0.4, -0.2) is 23.3 Å². The summed E-state index contributed by atoms with van der Waals surface area (Å²) in [5.74, 6) is 3.02. The normalized spacial score (nSPS) is 41.4. The van der Waals surface area contributed by atoms with Crippen molar-refractivity contribution < 1.29 is 14.6 Å². The van der Waals surface area contributed by atoms with Crippen LogP contribution in [0, 0.1) is 51.8 Å². The van der Waals surface area contributed by atoms with Gasteiger partial charge in [-0.1, -0.05) is 75.2 Å². The van der Waals surface area contributed by atoms with Gasteiger partial charge < -0.3 is 9.84 Å². The number of esters is 1. The number of aliphatic hydroxyl groups excluding tert-OH is 1. The molecule has 33 heavy (non-hydrogen) atoms. The third-order valence-electron chi connectivity index (χ3n) is 9.98. The molecule has 0 aromatic heterocycles. The number of carbonyl (C=O) groups is 1. The highest BCUT2D eigenvalue weighted by Gasteiger charge is 2.69. The van der Waals surface area contributed by atoms with Gasteiger partial charge in [-0.05, 0) is 78.9 Å². The predicted molar refractivity (Wildman–Crippen MR) is 137 cm³/mol. The Morgan fingerprint density at radius 2 is 1.67 bits per heavy atom. The maximum absolute atomic E-state index is 12.9. The summed E-state index contributed by atoms with van der Waals surface area (Å²) < 4.78 is 6.35. The first-order valence-corrected chi connectivity index (χ1v) is 14.1. The number of unbranched alkanes of at least 4 members (excludes halogenated alkanes) is 2. The van der Waals surface area contributed by atoms with Gasteiger partial charge in [0.2, 0.25) is 0 Å². The molecule has 0 heterocycles. The number of hydrogen-bond acceptors (Lipinski definition) is 3. The monoisotopic (exact) mass is 462 g/mol. The van der Waals surface area contributed by atoms with Crippen LogP contribution in [0.4, 0.5) is 0 Å². The molecule has 192 valence electrons. The van der Waals surface area contributed by atoms with E-state index in [4.69, 9.17) is 4.74 Å². The molecule has 3 aliphatic rings. The van der Waals surface area contributed by atoms with Crippen molar-refractivity contribution in [3.8, 4) is 0 Å². The highest BCUT2D eigenvalue weighted by molar-refractivity contribution is 5.69. The van der Waals surface area contributed by atoms with E-state index in [1.54, 1.807) is 0 Å². The Hall–Kier alpha value is -0.570. The molecule has 8 unspecified atom stereocenters. The summed E-state index contributed by atoms with van der Waals surface area (Å²) in [4.78, 5) is 12.9. The van der Waals surface area contributed by atoms with E-state index in [1.807, 2.05) is 0 Å². The largest absolute Gasteiger partial charge is 0.462 e. The smallest absolute Gasteiger partial charge is 0.306 e. The fraction of sp³-hybridized carbons (Fsp3) is 0.967. The topological polar surface area (TPSA) is 46.5 Å². The lowest BCUT2D eigenvalue weighted by Crippen LogP contribution is -2.49. The molecule has 9 atom stereocenters. The highest BCUT2D eigenvalue weighted by Crippen LogP contribution is 2.72. The van der Waals surface area contributed by atoms with Gasteiger partial charge in [0.05, 0.1) is 6.10 Å². The minimum atomic E-state index is -0.232. The molecule has 0 bridgehead atoms. The van der Waals surface area contributed by atoms with Crippen LogP contribution in [0.2, 0.25) is 0 Å². The molecule has 3 heteroatoms. The van der Waals surface area contributed by atoms with Gasteiger partial charge in [0.15, 0.2) is 0 Å². The molecule has 0 saturated heterocycles. The van der Waals surface area contributed by atoms with Crippen molar-refractivity contribution in [3.63, 3.8) is 0 Å². The number of aliphatic hydroxyl groups is 1. The van der Waals surface area contributed by atoms with Crippen molar-refractivity contribution >= 4 is 5.97 Å². The summed E-state index contributed by atoms with van der Waals surface area (Å²) in [6, 6.07) is 0. The predicted octanol–water partition coefficient (Wildman–Crippen LogP) is 7.65. The second kappa shape index (κ2) is 9.82. The number of fused-ring (bicyclic) bond motifs is 1. The van der Waals surface area contributed by atoms with Crippen molar-refractivity contribution in [3.05, 3.63) is 0 Å². The van der Waals surface area contributed by atoms with E-state index in [2.05, 4.69) is 62.3 Å². The standard InChI is InChI=1S/C30H54O3/c1-10-11-12-13-25(31)33-26-21(14-19(2)15-23(26)28(4,5)6)17-22-16-20(3)24-18-30(24,27(22)32)29(7,8)9/h19-24,26-27,32H,10-18H2,1-9H3/t19?,20?,21?,22?,23?,24-,26?,27?,30?/m1/s1. The molecule has 3 nitrogen and oxygen atoms in total. The average Bonchev–Trinajstić information content (AvgIpc) is 3.45. The van der Waals surface area contributed by atoms with Crippen molar-refractivity contribution in [2.45, 2.75) is 132 Å². The van der Waals surface area contributed by atoms with Crippen LogP contribution >= 0.6 is 0 Å². The van der Waals surface area contributed by atoms with Crippen molar-refractivity contribution in [2.75, 3.05) is 0 Å². The van der Waals surface area contributed by atoms with Crippen LogP contribution in [0.5, 0.6) is 0 Å². The fourth-order valence-electron chi connectivity index (χ4n) is 8.09. The molecule has 3 saturated carbocycles. The zero-order valence-electron chi connectivity index (χ0n) is 23.2. The number of hydrogen-bond donors (Lipinski definition) is 1. The second-order valence-electron chi connectivity index (χ2n) is 14.5. The Labute approximate surface area is 204 Å². The molecule has 3 aliphatic carbocycles. The van der Waals surface area contributed by atoms with Gasteiger partial charge in [0.1, 0.15) is 6.10 Å². The summed E-state index contributed by atoms with van der Waals surface area (Å²) in [5.41, 5.74) is 0.308. The lowest BCUT2D eigenvalue weighted by Gasteiger charge is -2.49. The Morgan fingerprint density at radius 1 is 1.00 bits per heavy atom. The van der Waals surface area contributed by atoms with Crippen molar-refractivity contribution in [2.24, 2.45) is 51.8 Å². The molecule has 3 fully saturated rings. The van der Waals surface area contributed by atoms with Crippen molar-refractivity contribution in [1.82, 2.24) is 0 Å². The van der Waals surface area contributed by atoms with Gasteiger partial charge in [-0.25, -0.2) is 0 Å². The lowest BCUT2D eigenvalue weighted by atomic mass is 9.59. The van der Waals surface area contributed by atoms with Crippen LogP contribution in [-0.2, 0) is 9.53 Å². The van der Waals surface area contributed by atoms with Gasteiger partial charge in [-0.3, -0.25) is 4.79 Å². The SMILES string of the molecule is CCCCCC(=O)OC1C(CC2CC(C)[C@H]3CC3(C(C)(C)C)C2O)CC(C)CC1C(C)(C)C. The van der Waals surface area contributed by atoms with Crippen LogP contribution in [0.25, 0.3) is 0 Å². The van der Waals surface area contributed by atoms with Gasteiger partial charge in [0, 0.05) is 17.8 Å². The number of rotatable bonds is 7. The van der Waals surface area contributed by atoms with E-state index in [0.29, 0.717) is 41.9 Å². The van der Waals surface area contributed by atoms with E-state index in [9.17, 15) is 9.90 Å². The molecular weight excluding hydrogens is 408 g/mol. The van der Waals surface area contributed by atoms with Gasteiger partial charge in [-0.2, -0.15) is 0 Å². The highest BCUT2D eigenvalue weighted by atomic mass is 16.5. The molecular formula is C30H54O3. The Morgan fingerprint density at radius 3 is 2.24 bits per heavy atom. The fourth-order valence-corrected chi connectivity index (χ4v) is 8.09. The van der Waals surface area contributed by atoms with Crippen molar-refractivity contribution in [1.29, 1.82) is 0 Å². The Kier molecular flexibility index (Phi) is 8.04. The zero-order chi connectivity index (χ0) is 24.8. The third kappa shape index (κ3) is 5.49. The van der Waals surface area contributed by atoms with Crippen LogP contribution in [0.1, 0.15) is 120 Å². The molecule has 0 aromatic carbocycles. The third-order valence-corrected chi connectivity index (χ3v) is 9.98. The van der Waals surface area contributed by atoms with E-state index in [-0.39, 0.29) is 34.4 Å². The molecule has 0 amide bonds. The molecule has 0 spiro atoms. The summed E-state index contributed by atoms with van der Waals surface area (Å²) in [6.07, 6.45) is 8.97. The Balaban J connectivity index is 1.81. The molecule has 0 aliphatic heterocycles. The number of carbonyl (C=O) groups excluding carboxylic acids is 1. The van der Waals surface area contributed by atoms with E-state index >= 15 is 0 Å². The maximum Gasteiger partial charge on any atom is 0.306 e. The van der Waals surface area contributed by atoms with Crippen LogP contribution < -0.4 is 0 Å². The minimum absolute atomic E-state index is 0.00627. The zero-order valence-corrected chi connectivity index (χ0v) is 23.2. The first-order chi connectivity index (χ1) is 15.2. The second-order valence-corrected chi connectivity index (χ2v) is 14.5. The summed E-state index contributed by atoms with van der Waals surface area (Å²) >= 11 is 0. The quantitative estimate of drug-likeness (QED) is 0.312.